The molecule has 1 aliphatic heterocycles. The van der Waals surface area contributed by atoms with Crippen molar-refractivity contribution in [2.24, 2.45) is 5.92 Å². The number of nitrogens with two attached hydrogens (primary N) is 1. The van der Waals surface area contributed by atoms with E-state index in [2.05, 4.69) is 5.10 Å². The predicted molar refractivity (Wildman–Crippen MR) is 75.8 cm³/mol. The van der Waals surface area contributed by atoms with Crippen LogP contribution < -0.4 is 11.3 Å². The van der Waals surface area contributed by atoms with Crippen LogP contribution in [-0.2, 0) is 11.3 Å². The third kappa shape index (κ3) is 2.60. The van der Waals surface area contributed by atoms with Crippen LogP contribution in [0.3, 0.4) is 0 Å². The zero-order valence-corrected chi connectivity index (χ0v) is 11.2. The number of nitrogens with zero attached hydrogens (tertiary/aromatic N) is 3. The highest BCUT2D eigenvalue weighted by molar-refractivity contribution is 5.37. The third-order valence-corrected chi connectivity index (χ3v) is 3.64. The summed E-state index contributed by atoms with van der Waals surface area (Å²) in [6, 6.07) is 5.17. The Balaban J connectivity index is 1.79. The average molecular weight is 274 g/mol. The first-order chi connectivity index (χ1) is 9.74. The molecule has 0 amide bonds. The van der Waals surface area contributed by atoms with Gasteiger partial charge in [-0.1, -0.05) is 0 Å². The van der Waals surface area contributed by atoms with Gasteiger partial charge >= 0.3 is 0 Å². The molecule has 3 heterocycles. The van der Waals surface area contributed by atoms with Gasteiger partial charge in [-0.15, -0.1) is 0 Å². The Bertz CT molecular complexity index is 641. The van der Waals surface area contributed by atoms with Crippen molar-refractivity contribution in [2.45, 2.75) is 19.4 Å². The Morgan fingerprint density at radius 3 is 2.90 bits per heavy atom. The van der Waals surface area contributed by atoms with Gasteiger partial charge in [0, 0.05) is 38.2 Å². The summed E-state index contributed by atoms with van der Waals surface area (Å²) < 4.78 is 8.71. The zero-order chi connectivity index (χ0) is 13.9. The van der Waals surface area contributed by atoms with Crippen LogP contribution in [0.1, 0.15) is 12.8 Å². The second-order valence-electron chi connectivity index (χ2n) is 5.09. The summed E-state index contributed by atoms with van der Waals surface area (Å²) in [4.78, 5) is 11.9. The number of nitrogen functional groups attached to an aromatic ring is 1. The van der Waals surface area contributed by atoms with Crippen LogP contribution in [0.5, 0.6) is 0 Å². The van der Waals surface area contributed by atoms with Crippen molar-refractivity contribution in [3.63, 3.8) is 0 Å². The molecular formula is C14H18N4O2. The van der Waals surface area contributed by atoms with Crippen LogP contribution in [-0.4, -0.2) is 27.6 Å². The molecule has 6 heteroatoms. The smallest absolute Gasteiger partial charge is 0.279 e. The van der Waals surface area contributed by atoms with E-state index in [0.717, 1.165) is 32.6 Å². The Labute approximate surface area is 116 Å². The lowest BCUT2D eigenvalue weighted by Crippen LogP contribution is -2.22. The Hall–Kier alpha value is -2.08. The molecule has 0 aromatic carbocycles. The lowest BCUT2D eigenvalue weighted by molar-refractivity contribution is 0.0601. The average Bonchev–Trinajstić information content (AvgIpc) is 2.91. The maximum Gasteiger partial charge on any atom is 0.279 e. The zero-order valence-electron chi connectivity index (χ0n) is 11.2. The monoisotopic (exact) mass is 274 g/mol. The largest absolute Gasteiger partial charge is 0.394 e. The van der Waals surface area contributed by atoms with E-state index in [0.29, 0.717) is 11.7 Å². The molecule has 0 bridgehead atoms. The van der Waals surface area contributed by atoms with Gasteiger partial charge in [0.25, 0.3) is 5.56 Å². The van der Waals surface area contributed by atoms with Gasteiger partial charge in [-0.25, -0.2) is 0 Å². The van der Waals surface area contributed by atoms with Gasteiger partial charge in [0.2, 0.25) is 0 Å². The molecule has 1 saturated heterocycles. The van der Waals surface area contributed by atoms with Gasteiger partial charge < -0.3 is 10.5 Å². The highest BCUT2D eigenvalue weighted by atomic mass is 16.5. The van der Waals surface area contributed by atoms with Gasteiger partial charge in [-0.05, 0) is 30.9 Å². The lowest BCUT2D eigenvalue weighted by atomic mass is 10.0. The summed E-state index contributed by atoms with van der Waals surface area (Å²) in [6.45, 7) is 2.52. The molecule has 0 radical (unpaired) electrons. The molecule has 6 nitrogen and oxygen atoms in total. The fourth-order valence-corrected chi connectivity index (χ4v) is 2.47. The van der Waals surface area contributed by atoms with E-state index in [1.165, 1.54) is 4.57 Å². The standard InChI is InChI=1S/C14H18N4O2/c15-12-2-1-6-18(14(12)19)13-3-7-17(16-13)10-11-4-8-20-9-5-11/h1-3,6-7,11H,4-5,8-10,15H2. The number of anilines is 1. The Kier molecular flexibility index (Phi) is 3.56. The minimum absolute atomic E-state index is 0.228. The van der Waals surface area contributed by atoms with Crippen LogP contribution in [0, 0.1) is 5.92 Å². The molecule has 1 fully saturated rings. The Morgan fingerprint density at radius 2 is 2.10 bits per heavy atom. The third-order valence-electron chi connectivity index (χ3n) is 3.64. The van der Waals surface area contributed by atoms with Crippen molar-refractivity contribution in [2.75, 3.05) is 18.9 Å². The molecule has 0 aliphatic carbocycles. The summed E-state index contributed by atoms with van der Waals surface area (Å²) >= 11 is 0. The van der Waals surface area contributed by atoms with Crippen LogP contribution in [0.25, 0.3) is 5.82 Å². The fourth-order valence-electron chi connectivity index (χ4n) is 2.47. The van der Waals surface area contributed by atoms with Gasteiger partial charge in [0.05, 0.1) is 5.69 Å². The molecular weight excluding hydrogens is 256 g/mol. The minimum atomic E-state index is -0.233. The lowest BCUT2D eigenvalue weighted by Gasteiger charge is -2.21. The number of hydrogen-bond acceptors (Lipinski definition) is 4. The molecule has 3 rings (SSSR count). The van der Waals surface area contributed by atoms with E-state index < -0.39 is 0 Å². The van der Waals surface area contributed by atoms with Crippen molar-refractivity contribution >= 4 is 5.69 Å². The first-order valence-corrected chi connectivity index (χ1v) is 6.83. The van der Waals surface area contributed by atoms with E-state index in [1.807, 2.05) is 16.9 Å². The molecule has 0 unspecified atom stereocenters. The molecule has 1 aliphatic rings. The van der Waals surface area contributed by atoms with E-state index in [9.17, 15) is 4.79 Å². The van der Waals surface area contributed by atoms with Gasteiger partial charge in [-0.3, -0.25) is 14.0 Å². The molecule has 20 heavy (non-hydrogen) atoms. The van der Waals surface area contributed by atoms with Gasteiger partial charge in [-0.2, -0.15) is 5.10 Å². The molecule has 106 valence electrons. The van der Waals surface area contributed by atoms with Crippen molar-refractivity contribution in [3.05, 3.63) is 40.9 Å². The first kappa shape index (κ1) is 12.9. The van der Waals surface area contributed by atoms with Crippen LogP contribution >= 0.6 is 0 Å². The number of aromatic nitrogens is 3. The van der Waals surface area contributed by atoms with E-state index in [1.54, 1.807) is 18.3 Å². The second-order valence-corrected chi connectivity index (χ2v) is 5.09. The van der Waals surface area contributed by atoms with Crippen molar-refractivity contribution in [3.8, 4) is 5.82 Å². The minimum Gasteiger partial charge on any atom is -0.394 e. The maximum atomic E-state index is 11.9. The summed E-state index contributed by atoms with van der Waals surface area (Å²) in [5.74, 6) is 1.20. The van der Waals surface area contributed by atoms with Crippen molar-refractivity contribution in [1.29, 1.82) is 0 Å². The molecule has 2 N–H and O–H groups in total. The highest BCUT2D eigenvalue weighted by Crippen LogP contribution is 2.16. The van der Waals surface area contributed by atoms with E-state index in [4.69, 9.17) is 10.5 Å². The van der Waals surface area contributed by atoms with Crippen LogP contribution in [0.2, 0.25) is 0 Å². The predicted octanol–water partition coefficient (Wildman–Crippen LogP) is 1.04. The Morgan fingerprint density at radius 1 is 1.30 bits per heavy atom. The second kappa shape index (κ2) is 5.50. The van der Waals surface area contributed by atoms with E-state index in [-0.39, 0.29) is 11.2 Å². The quantitative estimate of drug-likeness (QED) is 0.907. The number of rotatable bonds is 3. The SMILES string of the molecule is Nc1cccn(-c2ccn(CC3CCOCC3)n2)c1=O. The normalized spacial score (nSPS) is 16.4. The fraction of sp³-hybridized carbons (Fsp3) is 0.429. The van der Waals surface area contributed by atoms with Crippen molar-refractivity contribution in [1.82, 2.24) is 14.3 Å². The van der Waals surface area contributed by atoms with E-state index >= 15 is 0 Å². The topological polar surface area (TPSA) is 75.1 Å². The molecule has 2 aromatic rings. The highest BCUT2D eigenvalue weighted by Gasteiger charge is 2.15. The first-order valence-electron chi connectivity index (χ1n) is 6.83. The summed E-state index contributed by atoms with van der Waals surface area (Å²) in [5, 5.41) is 4.46. The summed E-state index contributed by atoms with van der Waals surface area (Å²) in [5.41, 5.74) is 5.63. The number of pyridine rings is 1. The number of hydrogen-bond donors (Lipinski definition) is 1. The van der Waals surface area contributed by atoms with Gasteiger partial charge in [0.1, 0.15) is 0 Å². The summed E-state index contributed by atoms with van der Waals surface area (Å²) in [7, 11) is 0. The molecule has 2 aromatic heterocycles. The van der Waals surface area contributed by atoms with Crippen molar-refractivity contribution < 1.29 is 4.74 Å². The maximum absolute atomic E-state index is 11.9. The number of ether oxygens (including phenoxy) is 1. The van der Waals surface area contributed by atoms with Crippen LogP contribution in [0.15, 0.2) is 35.4 Å². The molecule has 0 spiro atoms. The van der Waals surface area contributed by atoms with Gasteiger partial charge in [0.15, 0.2) is 5.82 Å². The summed E-state index contributed by atoms with van der Waals surface area (Å²) in [6.07, 6.45) is 5.71. The molecule has 0 atom stereocenters. The molecule has 0 saturated carbocycles. The van der Waals surface area contributed by atoms with Crippen LogP contribution in [0.4, 0.5) is 5.69 Å².